The van der Waals surface area contributed by atoms with Crippen molar-refractivity contribution in [2.45, 2.75) is 6.54 Å². The van der Waals surface area contributed by atoms with Crippen molar-refractivity contribution in [3.8, 4) is 0 Å². The minimum atomic E-state index is -1.03. The number of tetrazole rings is 1. The maximum Gasteiger partial charge on any atom is 0.335 e. The average molecular weight is 326 g/mol. The Kier molecular flexibility index (Phi) is 3.85. The molecule has 0 unspecified atom stereocenters. The fourth-order valence-corrected chi connectivity index (χ4v) is 1.82. The van der Waals surface area contributed by atoms with Gasteiger partial charge in [-0.05, 0) is 44.6 Å². The molecular formula is C10H8BrN5O3. The van der Waals surface area contributed by atoms with Gasteiger partial charge in [0, 0.05) is 4.47 Å². The van der Waals surface area contributed by atoms with Gasteiger partial charge >= 0.3 is 5.97 Å². The number of halogens is 1. The van der Waals surface area contributed by atoms with Crippen molar-refractivity contribution < 1.29 is 14.7 Å². The number of nitrogens with zero attached hydrogens (tertiary/aromatic N) is 4. The number of rotatable bonds is 4. The molecule has 1 heterocycles. The van der Waals surface area contributed by atoms with Gasteiger partial charge in [0.15, 0.2) is 0 Å². The molecule has 98 valence electrons. The molecule has 0 saturated carbocycles. The lowest BCUT2D eigenvalue weighted by Gasteiger charge is -2.07. The highest BCUT2D eigenvalue weighted by molar-refractivity contribution is 9.10. The van der Waals surface area contributed by atoms with Crippen LogP contribution in [-0.4, -0.2) is 37.2 Å². The first kappa shape index (κ1) is 13.1. The summed E-state index contributed by atoms with van der Waals surface area (Å²) in [6, 6.07) is 4.32. The Morgan fingerprint density at radius 1 is 1.42 bits per heavy atom. The molecule has 0 aliphatic rings. The van der Waals surface area contributed by atoms with Crippen molar-refractivity contribution >= 4 is 33.5 Å². The number of hydrogen-bond donors (Lipinski definition) is 2. The predicted octanol–water partition coefficient (Wildman–Crippen LogP) is 0.772. The van der Waals surface area contributed by atoms with E-state index < -0.39 is 5.97 Å². The van der Waals surface area contributed by atoms with Crippen molar-refractivity contribution in [3.05, 3.63) is 34.6 Å². The predicted molar refractivity (Wildman–Crippen MR) is 67.5 cm³/mol. The SMILES string of the molecule is O=C(Cn1cnnn1)Nc1ccc(C(=O)O)cc1Br. The number of aromatic carboxylic acids is 1. The van der Waals surface area contributed by atoms with Crippen LogP contribution in [0.5, 0.6) is 0 Å². The van der Waals surface area contributed by atoms with Crippen LogP contribution in [-0.2, 0) is 11.3 Å². The van der Waals surface area contributed by atoms with E-state index in [-0.39, 0.29) is 18.0 Å². The van der Waals surface area contributed by atoms with Gasteiger partial charge in [-0.1, -0.05) is 0 Å². The molecule has 0 aliphatic carbocycles. The fraction of sp³-hybridized carbons (Fsp3) is 0.100. The third-order valence-corrected chi connectivity index (χ3v) is 2.84. The molecule has 0 radical (unpaired) electrons. The molecule has 0 aliphatic heterocycles. The zero-order valence-corrected chi connectivity index (χ0v) is 11.0. The highest BCUT2D eigenvalue weighted by Crippen LogP contribution is 2.23. The molecule has 0 fully saturated rings. The van der Waals surface area contributed by atoms with Gasteiger partial charge in [0.1, 0.15) is 12.9 Å². The average Bonchev–Trinajstić information content (AvgIpc) is 2.84. The van der Waals surface area contributed by atoms with E-state index >= 15 is 0 Å². The molecule has 1 aromatic carbocycles. The van der Waals surface area contributed by atoms with Crippen LogP contribution < -0.4 is 5.32 Å². The number of nitrogens with one attached hydrogen (secondary N) is 1. The molecule has 0 saturated heterocycles. The van der Waals surface area contributed by atoms with E-state index in [4.69, 9.17) is 5.11 Å². The van der Waals surface area contributed by atoms with Crippen LogP contribution in [0.3, 0.4) is 0 Å². The number of carboxylic acids is 1. The summed E-state index contributed by atoms with van der Waals surface area (Å²) in [5.41, 5.74) is 0.605. The summed E-state index contributed by atoms with van der Waals surface area (Å²) < 4.78 is 1.76. The number of anilines is 1. The summed E-state index contributed by atoms with van der Waals surface area (Å²) in [6.45, 7) is -0.0277. The Morgan fingerprint density at radius 3 is 2.79 bits per heavy atom. The quantitative estimate of drug-likeness (QED) is 0.859. The highest BCUT2D eigenvalue weighted by atomic mass is 79.9. The largest absolute Gasteiger partial charge is 0.478 e. The first-order chi connectivity index (χ1) is 9.06. The minimum absolute atomic E-state index is 0.0277. The first-order valence-electron chi connectivity index (χ1n) is 5.10. The summed E-state index contributed by atoms with van der Waals surface area (Å²) in [4.78, 5) is 22.5. The Hall–Kier alpha value is -2.29. The number of carboxylic acid groups (broad SMARTS) is 1. The number of carbonyl (C=O) groups excluding carboxylic acids is 1. The summed E-state index contributed by atoms with van der Waals surface area (Å²) in [5.74, 6) is -1.36. The van der Waals surface area contributed by atoms with Gasteiger partial charge in [-0.2, -0.15) is 0 Å². The second-order valence-electron chi connectivity index (χ2n) is 3.56. The van der Waals surface area contributed by atoms with Crippen LogP contribution in [0.2, 0.25) is 0 Å². The van der Waals surface area contributed by atoms with E-state index in [0.717, 1.165) is 0 Å². The van der Waals surface area contributed by atoms with E-state index in [1.807, 2.05) is 0 Å². The topological polar surface area (TPSA) is 110 Å². The lowest BCUT2D eigenvalue weighted by Crippen LogP contribution is -2.19. The van der Waals surface area contributed by atoms with Crippen LogP contribution in [0.25, 0.3) is 0 Å². The molecule has 19 heavy (non-hydrogen) atoms. The smallest absolute Gasteiger partial charge is 0.335 e. The normalized spacial score (nSPS) is 10.2. The zero-order chi connectivity index (χ0) is 13.8. The van der Waals surface area contributed by atoms with E-state index in [2.05, 4.69) is 36.8 Å². The Labute approximate surface area is 115 Å². The number of carbonyl (C=O) groups is 2. The Bertz CT molecular complexity index is 614. The molecule has 0 spiro atoms. The third kappa shape index (κ3) is 3.35. The van der Waals surface area contributed by atoms with Crippen molar-refractivity contribution in [1.29, 1.82) is 0 Å². The standard InChI is InChI=1S/C10H8BrN5O3/c11-7-3-6(10(18)19)1-2-8(7)13-9(17)4-16-5-12-14-15-16/h1-3,5H,4H2,(H,13,17)(H,18,19). The van der Waals surface area contributed by atoms with Gasteiger partial charge in [0.25, 0.3) is 0 Å². The van der Waals surface area contributed by atoms with Gasteiger partial charge in [-0.25, -0.2) is 9.48 Å². The summed E-state index contributed by atoms with van der Waals surface area (Å²) in [6.07, 6.45) is 1.32. The lowest BCUT2D eigenvalue weighted by molar-refractivity contribution is -0.116. The van der Waals surface area contributed by atoms with Crippen LogP contribution in [0.15, 0.2) is 29.0 Å². The molecule has 2 rings (SSSR count). The van der Waals surface area contributed by atoms with Crippen molar-refractivity contribution in [1.82, 2.24) is 20.2 Å². The molecule has 1 aromatic heterocycles. The van der Waals surface area contributed by atoms with Crippen LogP contribution in [0.1, 0.15) is 10.4 Å². The number of amides is 1. The molecule has 2 aromatic rings. The van der Waals surface area contributed by atoms with Crippen molar-refractivity contribution in [2.75, 3.05) is 5.32 Å². The molecule has 0 bridgehead atoms. The van der Waals surface area contributed by atoms with Crippen molar-refractivity contribution in [2.24, 2.45) is 0 Å². The molecule has 8 nitrogen and oxygen atoms in total. The van der Waals surface area contributed by atoms with E-state index in [9.17, 15) is 9.59 Å². The van der Waals surface area contributed by atoms with Crippen LogP contribution >= 0.6 is 15.9 Å². The zero-order valence-electron chi connectivity index (χ0n) is 9.45. The molecule has 1 amide bonds. The summed E-state index contributed by atoms with van der Waals surface area (Å²) >= 11 is 3.20. The van der Waals surface area contributed by atoms with Gasteiger partial charge in [-0.3, -0.25) is 4.79 Å². The first-order valence-corrected chi connectivity index (χ1v) is 5.89. The number of benzene rings is 1. The monoisotopic (exact) mass is 325 g/mol. The second-order valence-corrected chi connectivity index (χ2v) is 4.41. The Morgan fingerprint density at radius 2 is 2.21 bits per heavy atom. The summed E-state index contributed by atoms with van der Waals surface area (Å²) in [7, 11) is 0. The van der Waals surface area contributed by atoms with E-state index in [1.54, 1.807) is 0 Å². The molecular weight excluding hydrogens is 318 g/mol. The Balaban J connectivity index is 2.07. The van der Waals surface area contributed by atoms with E-state index in [0.29, 0.717) is 10.2 Å². The summed E-state index contributed by atoms with van der Waals surface area (Å²) in [5, 5.41) is 21.8. The molecule has 9 heteroatoms. The van der Waals surface area contributed by atoms with Crippen molar-refractivity contribution in [3.63, 3.8) is 0 Å². The van der Waals surface area contributed by atoms with E-state index in [1.165, 1.54) is 29.2 Å². The third-order valence-electron chi connectivity index (χ3n) is 2.19. The second kappa shape index (κ2) is 5.57. The fourth-order valence-electron chi connectivity index (χ4n) is 1.34. The maximum atomic E-state index is 11.7. The van der Waals surface area contributed by atoms with Crippen LogP contribution in [0.4, 0.5) is 5.69 Å². The van der Waals surface area contributed by atoms with Gasteiger partial charge in [0.05, 0.1) is 11.3 Å². The lowest BCUT2D eigenvalue weighted by atomic mass is 10.2. The minimum Gasteiger partial charge on any atom is -0.478 e. The number of hydrogen-bond acceptors (Lipinski definition) is 5. The van der Waals surface area contributed by atoms with Crippen LogP contribution in [0, 0.1) is 0 Å². The van der Waals surface area contributed by atoms with Gasteiger partial charge in [0.2, 0.25) is 5.91 Å². The van der Waals surface area contributed by atoms with Gasteiger partial charge < -0.3 is 10.4 Å². The molecule has 0 atom stereocenters. The maximum absolute atomic E-state index is 11.7. The van der Waals surface area contributed by atoms with Gasteiger partial charge in [-0.15, -0.1) is 5.10 Å². The molecule has 2 N–H and O–H groups in total. The highest BCUT2D eigenvalue weighted by Gasteiger charge is 2.10. The number of aromatic nitrogens is 4.